The molecule has 4 rings (SSSR count). The lowest BCUT2D eigenvalue weighted by molar-refractivity contribution is -0.121. The topological polar surface area (TPSA) is 91.7 Å². The zero-order valence-corrected chi connectivity index (χ0v) is 20.1. The molecule has 0 fully saturated rings. The summed E-state index contributed by atoms with van der Waals surface area (Å²) in [5, 5.41) is 7.35. The molecule has 1 aromatic heterocycles. The van der Waals surface area contributed by atoms with E-state index in [4.69, 9.17) is 14.2 Å². The van der Waals surface area contributed by atoms with Crippen molar-refractivity contribution in [2.45, 2.75) is 13.5 Å². The molecule has 0 radical (unpaired) electrons. The molecule has 36 heavy (non-hydrogen) atoms. The molecule has 0 aliphatic rings. The summed E-state index contributed by atoms with van der Waals surface area (Å²) in [6, 6.07) is 26.0. The van der Waals surface area contributed by atoms with Crippen molar-refractivity contribution in [3.8, 4) is 22.7 Å². The van der Waals surface area contributed by atoms with Gasteiger partial charge in [0.25, 0.3) is 0 Å². The van der Waals surface area contributed by atoms with Gasteiger partial charge < -0.3 is 19.5 Å². The van der Waals surface area contributed by atoms with Crippen molar-refractivity contribution in [3.05, 3.63) is 96.2 Å². The first-order valence-electron chi connectivity index (χ1n) is 11.5. The summed E-state index contributed by atoms with van der Waals surface area (Å²) in [4.78, 5) is 24.8. The van der Waals surface area contributed by atoms with E-state index in [1.54, 1.807) is 30.8 Å². The number of carbonyl (C=O) groups is 2. The highest BCUT2D eigenvalue weighted by atomic mass is 16.5. The summed E-state index contributed by atoms with van der Waals surface area (Å²) >= 11 is 0. The lowest BCUT2D eigenvalue weighted by Gasteiger charge is -2.11. The van der Waals surface area contributed by atoms with Gasteiger partial charge in [0, 0.05) is 11.3 Å². The van der Waals surface area contributed by atoms with Crippen LogP contribution in [0.1, 0.15) is 23.0 Å². The molecule has 0 saturated carbocycles. The molecular formula is C28H27N3O5. The van der Waals surface area contributed by atoms with E-state index in [0.717, 1.165) is 16.8 Å². The summed E-state index contributed by atoms with van der Waals surface area (Å²) < 4.78 is 17.6. The lowest BCUT2D eigenvalue weighted by Crippen LogP contribution is -2.18. The average molecular weight is 486 g/mol. The zero-order chi connectivity index (χ0) is 25.3. The number of nitrogens with one attached hydrogen (secondary N) is 1. The van der Waals surface area contributed by atoms with Crippen molar-refractivity contribution in [1.29, 1.82) is 0 Å². The van der Waals surface area contributed by atoms with Crippen molar-refractivity contribution in [2.75, 3.05) is 25.6 Å². The Bertz CT molecular complexity index is 1320. The molecular weight excluding hydrogens is 458 g/mol. The van der Waals surface area contributed by atoms with Gasteiger partial charge in [0.15, 0.2) is 5.69 Å². The minimum absolute atomic E-state index is 0.0735. The maximum Gasteiger partial charge on any atom is 0.358 e. The van der Waals surface area contributed by atoms with Gasteiger partial charge in [-0.25, -0.2) is 9.48 Å². The monoisotopic (exact) mass is 485 g/mol. The maximum absolute atomic E-state index is 12.4. The van der Waals surface area contributed by atoms with Crippen LogP contribution >= 0.6 is 0 Å². The summed E-state index contributed by atoms with van der Waals surface area (Å²) in [6.45, 7) is 2.27. The van der Waals surface area contributed by atoms with Crippen LogP contribution in [0, 0.1) is 0 Å². The highest BCUT2D eigenvalue weighted by Crippen LogP contribution is 2.27. The van der Waals surface area contributed by atoms with Crippen molar-refractivity contribution >= 4 is 17.6 Å². The molecule has 184 valence electrons. The quantitative estimate of drug-likeness (QED) is 0.322. The standard InChI is InChI=1S/C28H27N3O5/c1-3-36-28(33)25-17-26(31(30-25)23-12-14-24(34-2)15-13-23)21-10-7-11-22(16-21)29-27(32)19-35-18-20-8-5-4-6-9-20/h4-17H,3,18-19H2,1-2H3,(H,29,32). The first-order chi connectivity index (χ1) is 17.6. The second-order valence-electron chi connectivity index (χ2n) is 7.85. The van der Waals surface area contributed by atoms with E-state index < -0.39 is 5.97 Å². The molecule has 0 saturated heterocycles. The van der Waals surface area contributed by atoms with E-state index in [1.807, 2.05) is 72.8 Å². The number of methoxy groups -OCH3 is 1. The molecule has 0 atom stereocenters. The van der Waals surface area contributed by atoms with Crippen LogP contribution in [0.5, 0.6) is 5.75 Å². The Morgan fingerprint density at radius 1 is 0.944 bits per heavy atom. The number of aromatic nitrogens is 2. The maximum atomic E-state index is 12.4. The first kappa shape index (κ1) is 24.7. The third-order valence-corrected chi connectivity index (χ3v) is 5.30. The number of ether oxygens (including phenoxy) is 3. The van der Waals surface area contributed by atoms with Crippen LogP contribution in [-0.2, 0) is 20.9 Å². The summed E-state index contributed by atoms with van der Waals surface area (Å²) in [6.07, 6.45) is 0. The smallest absolute Gasteiger partial charge is 0.358 e. The molecule has 3 aromatic carbocycles. The number of nitrogens with zero attached hydrogens (tertiary/aromatic N) is 2. The predicted molar refractivity (Wildman–Crippen MR) is 136 cm³/mol. The van der Waals surface area contributed by atoms with Crippen LogP contribution in [0.4, 0.5) is 5.69 Å². The van der Waals surface area contributed by atoms with E-state index in [-0.39, 0.29) is 24.8 Å². The van der Waals surface area contributed by atoms with Crippen LogP contribution in [0.3, 0.4) is 0 Å². The third kappa shape index (κ3) is 6.17. The summed E-state index contributed by atoms with van der Waals surface area (Å²) in [5.74, 6) is -0.0674. The van der Waals surface area contributed by atoms with E-state index in [2.05, 4.69) is 10.4 Å². The normalized spacial score (nSPS) is 10.6. The summed E-state index contributed by atoms with van der Waals surface area (Å²) in [5.41, 5.74) is 3.95. The van der Waals surface area contributed by atoms with Crippen LogP contribution in [0.25, 0.3) is 16.9 Å². The highest BCUT2D eigenvalue weighted by Gasteiger charge is 2.18. The Kier molecular flexibility index (Phi) is 8.10. The highest BCUT2D eigenvalue weighted by molar-refractivity contribution is 5.93. The van der Waals surface area contributed by atoms with Crippen molar-refractivity contribution in [3.63, 3.8) is 0 Å². The first-order valence-corrected chi connectivity index (χ1v) is 11.5. The lowest BCUT2D eigenvalue weighted by atomic mass is 10.1. The number of hydrogen-bond donors (Lipinski definition) is 1. The molecule has 0 unspecified atom stereocenters. The van der Waals surface area contributed by atoms with Gasteiger partial charge >= 0.3 is 5.97 Å². The van der Waals surface area contributed by atoms with Gasteiger partial charge in [0.1, 0.15) is 12.4 Å². The van der Waals surface area contributed by atoms with Crippen LogP contribution in [-0.4, -0.2) is 42.0 Å². The van der Waals surface area contributed by atoms with Crippen molar-refractivity contribution in [1.82, 2.24) is 9.78 Å². The molecule has 1 heterocycles. The largest absolute Gasteiger partial charge is 0.497 e. The fraction of sp³-hybridized carbons (Fsp3) is 0.179. The molecule has 0 spiro atoms. The molecule has 8 nitrogen and oxygen atoms in total. The fourth-order valence-electron chi connectivity index (χ4n) is 3.60. The van der Waals surface area contributed by atoms with E-state index in [1.165, 1.54) is 0 Å². The summed E-state index contributed by atoms with van der Waals surface area (Å²) in [7, 11) is 1.60. The molecule has 1 amide bonds. The Hall–Kier alpha value is -4.43. The molecule has 0 bridgehead atoms. The SMILES string of the molecule is CCOC(=O)c1cc(-c2cccc(NC(=O)COCc3ccccc3)c2)n(-c2ccc(OC)cc2)n1. The number of anilines is 1. The van der Waals surface area contributed by atoms with Gasteiger partial charge in [-0.1, -0.05) is 42.5 Å². The molecule has 0 aliphatic heterocycles. The van der Waals surface area contributed by atoms with Gasteiger partial charge in [0.2, 0.25) is 5.91 Å². The zero-order valence-electron chi connectivity index (χ0n) is 20.1. The van der Waals surface area contributed by atoms with Crippen molar-refractivity contribution in [2.24, 2.45) is 0 Å². The molecule has 1 N–H and O–H groups in total. The van der Waals surface area contributed by atoms with E-state index in [0.29, 0.717) is 23.7 Å². The van der Waals surface area contributed by atoms with Gasteiger partial charge in [-0.05, 0) is 55.0 Å². The Balaban J connectivity index is 1.54. The number of amides is 1. The average Bonchev–Trinajstić information content (AvgIpc) is 3.35. The number of carbonyl (C=O) groups excluding carboxylic acids is 2. The molecule has 0 aliphatic carbocycles. The minimum atomic E-state index is -0.508. The number of rotatable bonds is 10. The Labute approximate surface area is 209 Å². The fourth-order valence-corrected chi connectivity index (χ4v) is 3.60. The third-order valence-electron chi connectivity index (χ3n) is 5.30. The second-order valence-corrected chi connectivity index (χ2v) is 7.85. The van der Waals surface area contributed by atoms with Gasteiger partial charge in [-0.15, -0.1) is 0 Å². The molecule has 8 heteroatoms. The number of benzene rings is 3. The predicted octanol–water partition coefficient (Wildman–Crippen LogP) is 4.88. The number of hydrogen-bond acceptors (Lipinski definition) is 6. The van der Waals surface area contributed by atoms with E-state index in [9.17, 15) is 9.59 Å². The van der Waals surface area contributed by atoms with Crippen LogP contribution in [0.2, 0.25) is 0 Å². The Morgan fingerprint density at radius 3 is 2.44 bits per heavy atom. The minimum Gasteiger partial charge on any atom is -0.497 e. The Morgan fingerprint density at radius 2 is 1.72 bits per heavy atom. The van der Waals surface area contributed by atoms with E-state index >= 15 is 0 Å². The van der Waals surface area contributed by atoms with Gasteiger partial charge in [0.05, 0.1) is 31.7 Å². The van der Waals surface area contributed by atoms with Crippen molar-refractivity contribution < 1.29 is 23.8 Å². The van der Waals surface area contributed by atoms with Gasteiger partial charge in [-0.3, -0.25) is 4.79 Å². The van der Waals surface area contributed by atoms with Crippen LogP contribution < -0.4 is 10.1 Å². The second kappa shape index (κ2) is 11.8. The molecule has 4 aromatic rings. The number of esters is 1. The van der Waals surface area contributed by atoms with Gasteiger partial charge in [-0.2, -0.15) is 5.10 Å². The van der Waals surface area contributed by atoms with Crippen LogP contribution in [0.15, 0.2) is 84.9 Å².